The number of hydrogen-bond acceptors (Lipinski definition) is 5. The molecule has 0 unspecified atom stereocenters. The minimum Gasteiger partial charge on any atom is -0.375 e. The van der Waals surface area contributed by atoms with E-state index in [1.165, 1.54) is 6.20 Å². The predicted octanol–water partition coefficient (Wildman–Crippen LogP) is 1.70. The van der Waals surface area contributed by atoms with E-state index in [0.29, 0.717) is 17.4 Å². The second kappa shape index (κ2) is 6.01. The molecule has 6 nitrogen and oxygen atoms in total. The third-order valence-corrected chi connectivity index (χ3v) is 5.14. The van der Waals surface area contributed by atoms with Crippen molar-refractivity contribution in [2.75, 3.05) is 33.8 Å². The molecule has 2 aliphatic heterocycles. The predicted molar refractivity (Wildman–Crippen MR) is 81.8 cm³/mol. The molecule has 0 aromatic carbocycles. The molecule has 6 heteroatoms. The number of ether oxygens (including phenoxy) is 1. The molecular weight excluding hydrogens is 282 g/mol. The Hall–Kier alpha value is -1.40. The van der Waals surface area contributed by atoms with Gasteiger partial charge in [0.1, 0.15) is 11.3 Å². The zero-order valence-electron chi connectivity index (χ0n) is 13.7. The summed E-state index contributed by atoms with van der Waals surface area (Å²) in [6, 6.07) is 0.580. The molecule has 1 aromatic heterocycles. The van der Waals surface area contributed by atoms with Gasteiger partial charge in [-0.25, -0.2) is 0 Å². The summed E-state index contributed by atoms with van der Waals surface area (Å²) in [4.78, 5) is 16.7. The van der Waals surface area contributed by atoms with Gasteiger partial charge in [-0.2, -0.15) is 0 Å². The number of likely N-dealkylation sites (tertiary alicyclic amines) is 1. The molecule has 1 amide bonds. The quantitative estimate of drug-likeness (QED) is 0.832. The largest absolute Gasteiger partial charge is 0.375 e. The van der Waals surface area contributed by atoms with Crippen LogP contribution >= 0.6 is 0 Å². The van der Waals surface area contributed by atoms with Crippen molar-refractivity contribution < 1.29 is 14.1 Å². The van der Waals surface area contributed by atoms with Gasteiger partial charge in [-0.1, -0.05) is 5.16 Å². The van der Waals surface area contributed by atoms with Crippen LogP contribution in [0.15, 0.2) is 10.7 Å². The number of aryl methyl sites for hydroxylation is 1. The van der Waals surface area contributed by atoms with Gasteiger partial charge in [0.2, 0.25) is 0 Å². The van der Waals surface area contributed by atoms with Gasteiger partial charge in [0.25, 0.3) is 5.91 Å². The van der Waals surface area contributed by atoms with Crippen LogP contribution in [0.2, 0.25) is 0 Å². The fraction of sp³-hybridized carbons (Fsp3) is 0.750. The molecule has 1 spiro atoms. The van der Waals surface area contributed by atoms with Gasteiger partial charge in [-0.3, -0.25) is 4.79 Å². The van der Waals surface area contributed by atoms with Gasteiger partial charge in [0.15, 0.2) is 0 Å². The fourth-order valence-electron chi connectivity index (χ4n) is 3.58. The fourth-order valence-corrected chi connectivity index (χ4v) is 3.58. The molecule has 2 saturated heterocycles. The number of carbonyl (C=O) groups is 1. The molecule has 0 radical (unpaired) electrons. The van der Waals surface area contributed by atoms with Crippen LogP contribution < -0.4 is 0 Å². The van der Waals surface area contributed by atoms with Crippen molar-refractivity contribution in [3.05, 3.63) is 17.5 Å². The van der Waals surface area contributed by atoms with Crippen LogP contribution in [0.4, 0.5) is 0 Å². The smallest absolute Gasteiger partial charge is 0.259 e. The maximum atomic E-state index is 12.5. The Balaban J connectivity index is 1.63. The highest BCUT2D eigenvalue weighted by molar-refractivity contribution is 5.94. The molecular formula is C16H25N3O3. The maximum Gasteiger partial charge on any atom is 0.259 e. The third-order valence-electron chi connectivity index (χ3n) is 5.14. The molecule has 0 bridgehead atoms. The highest BCUT2D eigenvalue weighted by Gasteiger charge is 2.41. The summed E-state index contributed by atoms with van der Waals surface area (Å²) in [6.45, 7) is 4.08. The number of piperidine rings is 1. The second-order valence-corrected chi connectivity index (χ2v) is 6.73. The first-order valence-corrected chi connectivity index (χ1v) is 8.02. The van der Waals surface area contributed by atoms with Crippen molar-refractivity contribution in [1.82, 2.24) is 15.0 Å². The lowest BCUT2D eigenvalue weighted by Crippen LogP contribution is -2.53. The Bertz CT molecular complexity index is 532. The van der Waals surface area contributed by atoms with Crippen LogP contribution in [0.25, 0.3) is 0 Å². The van der Waals surface area contributed by atoms with Crippen molar-refractivity contribution in [3.63, 3.8) is 0 Å². The average Bonchev–Trinajstić information content (AvgIpc) is 2.93. The molecule has 2 fully saturated rings. The molecule has 2 aliphatic rings. The summed E-state index contributed by atoms with van der Waals surface area (Å²) in [5, 5.41) is 3.70. The number of aromatic nitrogens is 1. The third kappa shape index (κ3) is 2.90. The van der Waals surface area contributed by atoms with Crippen molar-refractivity contribution in [3.8, 4) is 0 Å². The number of hydrogen-bond donors (Lipinski definition) is 0. The van der Waals surface area contributed by atoms with Crippen molar-refractivity contribution >= 4 is 5.91 Å². The summed E-state index contributed by atoms with van der Waals surface area (Å²) >= 11 is 0. The van der Waals surface area contributed by atoms with Gasteiger partial charge < -0.3 is 19.1 Å². The molecule has 3 rings (SSSR count). The van der Waals surface area contributed by atoms with Gasteiger partial charge in [0, 0.05) is 25.7 Å². The molecule has 22 heavy (non-hydrogen) atoms. The second-order valence-electron chi connectivity index (χ2n) is 6.73. The van der Waals surface area contributed by atoms with Gasteiger partial charge in [0.05, 0.1) is 11.8 Å². The Morgan fingerprint density at radius 2 is 2.14 bits per heavy atom. The molecule has 3 heterocycles. The Morgan fingerprint density at radius 3 is 2.73 bits per heavy atom. The van der Waals surface area contributed by atoms with E-state index in [9.17, 15) is 4.79 Å². The Kier molecular flexibility index (Phi) is 4.23. The number of nitrogens with zero attached hydrogens (tertiary/aromatic N) is 3. The summed E-state index contributed by atoms with van der Waals surface area (Å²) in [5.74, 6) is 0.612. The summed E-state index contributed by atoms with van der Waals surface area (Å²) in [6.07, 6.45) is 5.49. The van der Waals surface area contributed by atoms with E-state index in [1.807, 2.05) is 4.90 Å². The van der Waals surface area contributed by atoms with E-state index < -0.39 is 0 Å². The lowest BCUT2D eigenvalue weighted by atomic mass is 9.82. The number of amides is 1. The summed E-state index contributed by atoms with van der Waals surface area (Å²) < 4.78 is 11.1. The van der Waals surface area contributed by atoms with Crippen LogP contribution in [0.5, 0.6) is 0 Å². The van der Waals surface area contributed by atoms with Gasteiger partial charge in [-0.05, 0) is 46.7 Å². The molecule has 1 atom stereocenters. The maximum absolute atomic E-state index is 12.5. The van der Waals surface area contributed by atoms with Crippen LogP contribution in [0, 0.1) is 6.92 Å². The van der Waals surface area contributed by atoms with E-state index in [4.69, 9.17) is 9.26 Å². The van der Waals surface area contributed by atoms with Crippen LogP contribution in [0.1, 0.15) is 41.8 Å². The van der Waals surface area contributed by atoms with Crippen LogP contribution in [0.3, 0.4) is 0 Å². The molecule has 0 saturated carbocycles. The van der Waals surface area contributed by atoms with Crippen LogP contribution in [-0.2, 0) is 4.74 Å². The Labute approximate surface area is 131 Å². The number of rotatable bonds is 2. The SMILES string of the molecule is Cc1oncc1C(=O)N1CCC2(CC1)C[C@@H](N(C)C)CCO2. The highest BCUT2D eigenvalue weighted by atomic mass is 16.5. The average molecular weight is 307 g/mol. The lowest BCUT2D eigenvalue weighted by molar-refractivity contribution is -0.125. The van der Waals surface area contributed by atoms with Crippen LogP contribution in [-0.4, -0.2) is 66.3 Å². The summed E-state index contributed by atoms with van der Waals surface area (Å²) in [5.41, 5.74) is 0.528. The molecule has 0 aliphatic carbocycles. The first-order valence-electron chi connectivity index (χ1n) is 8.02. The zero-order chi connectivity index (χ0) is 15.7. The van der Waals surface area contributed by atoms with Crippen molar-refractivity contribution in [1.29, 1.82) is 0 Å². The van der Waals surface area contributed by atoms with Gasteiger partial charge in [-0.15, -0.1) is 0 Å². The van der Waals surface area contributed by atoms with Crippen molar-refractivity contribution in [2.24, 2.45) is 0 Å². The first-order chi connectivity index (χ1) is 10.5. The standard InChI is InChI=1S/C16H25N3O3/c1-12-14(11-17-22-12)15(20)19-7-5-16(6-8-19)10-13(18(2)3)4-9-21-16/h11,13H,4-10H2,1-3H3/t13-/m0/s1. The zero-order valence-corrected chi connectivity index (χ0v) is 13.7. The highest BCUT2D eigenvalue weighted by Crippen LogP contribution is 2.36. The number of carbonyl (C=O) groups excluding carboxylic acids is 1. The lowest BCUT2D eigenvalue weighted by Gasteiger charge is -2.47. The first kappa shape index (κ1) is 15.5. The molecule has 1 aromatic rings. The van der Waals surface area contributed by atoms with E-state index in [-0.39, 0.29) is 11.5 Å². The van der Waals surface area contributed by atoms with E-state index in [2.05, 4.69) is 24.2 Å². The topological polar surface area (TPSA) is 58.8 Å². The summed E-state index contributed by atoms with van der Waals surface area (Å²) in [7, 11) is 4.27. The minimum absolute atomic E-state index is 0.0218. The van der Waals surface area contributed by atoms with Gasteiger partial charge >= 0.3 is 0 Å². The monoisotopic (exact) mass is 307 g/mol. The Morgan fingerprint density at radius 1 is 1.41 bits per heavy atom. The minimum atomic E-state index is -0.0480. The van der Waals surface area contributed by atoms with E-state index in [1.54, 1.807) is 6.92 Å². The van der Waals surface area contributed by atoms with E-state index in [0.717, 1.165) is 45.4 Å². The normalized spacial score (nSPS) is 24.9. The molecule has 0 N–H and O–H groups in total. The molecule has 122 valence electrons. The van der Waals surface area contributed by atoms with E-state index >= 15 is 0 Å². The van der Waals surface area contributed by atoms with Crippen molar-refractivity contribution in [2.45, 2.75) is 44.2 Å².